The van der Waals surface area contributed by atoms with Crippen LogP contribution < -0.4 is 11.1 Å². The van der Waals surface area contributed by atoms with Crippen LogP contribution in [0.3, 0.4) is 0 Å². The topological polar surface area (TPSA) is 55.1 Å². The summed E-state index contributed by atoms with van der Waals surface area (Å²) >= 11 is 1.90. The van der Waals surface area contributed by atoms with Gasteiger partial charge in [-0.2, -0.15) is 11.8 Å². The van der Waals surface area contributed by atoms with Crippen LogP contribution in [-0.4, -0.2) is 31.0 Å². The fourth-order valence-electron chi connectivity index (χ4n) is 1.06. The molecule has 3 N–H and O–H groups in total. The first-order valence-electron chi connectivity index (χ1n) is 4.75. The van der Waals surface area contributed by atoms with E-state index < -0.39 is 0 Å². The molecule has 0 aliphatic carbocycles. The zero-order valence-corrected chi connectivity index (χ0v) is 9.16. The average molecular weight is 204 g/mol. The SMILES string of the molecule is CSCCCCCCNCC(N)=O. The number of nitrogens with one attached hydrogen (secondary N) is 1. The maximum absolute atomic E-state index is 10.3. The van der Waals surface area contributed by atoms with Crippen LogP contribution in [0.2, 0.25) is 0 Å². The highest BCUT2D eigenvalue weighted by Crippen LogP contribution is 2.03. The summed E-state index contributed by atoms with van der Waals surface area (Å²) in [5.74, 6) is 0.983. The molecule has 0 fully saturated rings. The van der Waals surface area contributed by atoms with Gasteiger partial charge in [-0.25, -0.2) is 0 Å². The van der Waals surface area contributed by atoms with Crippen molar-refractivity contribution in [2.45, 2.75) is 25.7 Å². The van der Waals surface area contributed by atoms with Crippen LogP contribution in [0.4, 0.5) is 0 Å². The third-order valence-electron chi connectivity index (χ3n) is 1.75. The highest BCUT2D eigenvalue weighted by molar-refractivity contribution is 7.98. The lowest BCUT2D eigenvalue weighted by Gasteiger charge is -2.01. The fourth-order valence-corrected chi connectivity index (χ4v) is 1.55. The summed E-state index contributed by atoms with van der Waals surface area (Å²) in [5.41, 5.74) is 4.97. The number of thioether (sulfide) groups is 1. The van der Waals surface area contributed by atoms with Crippen LogP contribution >= 0.6 is 11.8 Å². The van der Waals surface area contributed by atoms with E-state index in [1.165, 1.54) is 25.0 Å². The Balaban J connectivity index is 2.87. The maximum Gasteiger partial charge on any atom is 0.231 e. The van der Waals surface area contributed by atoms with Gasteiger partial charge in [0.25, 0.3) is 0 Å². The lowest BCUT2D eigenvalue weighted by atomic mass is 10.2. The Hall–Kier alpha value is -0.220. The summed E-state index contributed by atoms with van der Waals surface area (Å²) < 4.78 is 0. The molecule has 0 atom stereocenters. The van der Waals surface area contributed by atoms with E-state index in [9.17, 15) is 4.79 Å². The van der Waals surface area contributed by atoms with Crippen molar-refractivity contribution in [3.8, 4) is 0 Å². The van der Waals surface area contributed by atoms with Gasteiger partial charge in [0.1, 0.15) is 0 Å². The molecule has 13 heavy (non-hydrogen) atoms. The van der Waals surface area contributed by atoms with Gasteiger partial charge in [0, 0.05) is 0 Å². The minimum absolute atomic E-state index is 0.276. The number of nitrogens with two attached hydrogens (primary N) is 1. The van der Waals surface area contributed by atoms with Gasteiger partial charge in [-0.05, 0) is 31.4 Å². The first-order valence-corrected chi connectivity index (χ1v) is 6.14. The molecule has 0 aliphatic heterocycles. The largest absolute Gasteiger partial charge is 0.369 e. The van der Waals surface area contributed by atoms with Crippen LogP contribution in [-0.2, 0) is 4.79 Å². The molecule has 0 aromatic heterocycles. The summed E-state index contributed by atoms with van der Waals surface area (Å²) in [5, 5.41) is 3.00. The van der Waals surface area contributed by atoms with Crippen molar-refractivity contribution in [2.24, 2.45) is 5.73 Å². The molecule has 0 unspecified atom stereocenters. The van der Waals surface area contributed by atoms with E-state index in [2.05, 4.69) is 11.6 Å². The highest BCUT2D eigenvalue weighted by Gasteiger charge is 1.92. The first-order chi connectivity index (χ1) is 6.27. The summed E-state index contributed by atoms with van der Waals surface area (Å²) in [4.78, 5) is 10.3. The van der Waals surface area contributed by atoms with E-state index in [1.54, 1.807) is 0 Å². The monoisotopic (exact) mass is 204 g/mol. The molecule has 0 aromatic carbocycles. The van der Waals surface area contributed by atoms with Crippen molar-refractivity contribution in [1.29, 1.82) is 0 Å². The summed E-state index contributed by atoms with van der Waals surface area (Å²) in [6.07, 6.45) is 7.11. The normalized spacial score (nSPS) is 10.2. The van der Waals surface area contributed by atoms with E-state index in [0.717, 1.165) is 13.0 Å². The van der Waals surface area contributed by atoms with Crippen LogP contribution in [0.5, 0.6) is 0 Å². The predicted molar refractivity (Wildman–Crippen MR) is 58.9 cm³/mol. The van der Waals surface area contributed by atoms with Crippen LogP contribution in [0.1, 0.15) is 25.7 Å². The summed E-state index contributed by atoms with van der Waals surface area (Å²) in [6.45, 7) is 1.22. The number of amides is 1. The molecule has 0 radical (unpaired) electrons. The van der Waals surface area contributed by atoms with Gasteiger partial charge in [0.05, 0.1) is 6.54 Å². The van der Waals surface area contributed by atoms with Gasteiger partial charge in [0.15, 0.2) is 0 Å². The van der Waals surface area contributed by atoms with Crippen molar-refractivity contribution < 1.29 is 4.79 Å². The van der Waals surface area contributed by atoms with Crippen LogP contribution in [0, 0.1) is 0 Å². The number of carbonyl (C=O) groups is 1. The van der Waals surface area contributed by atoms with Gasteiger partial charge in [-0.1, -0.05) is 12.8 Å². The molecule has 78 valence electrons. The smallest absolute Gasteiger partial charge is 0.231 e. The second-order valence-electron chi connectivity index (χ2n) is 3.05. The number of rotatable bonds is 9. The van der Waals surface area contributed by atoms with Crippen LogP contribution in [0.25, 0.3) is 0 Å². The molecule has 0 heterocycles. The van der Waals surface area contributed by atoms with Crippen molar-refractivity contribution in [2.75, 3.05) is 25.1 Å². The zero-order valence-electron chi connectivity index (χ0n) is 8.34. The maximum atomic E-state index is 10.3. The Morgan fingerprint density at radius 1 is 1.31 bits per heavy atom. The van der Waals surface area contributed by atoms with Gasteiger partial charge >= 0.3 is 0 Å². The molecular formula is C9H20N2OS. The Bertz CT molecular complexity index is 131. The molecule has 0 saturated carbocycles. The Labute approximate surface area is 84.8 Å². The van der Waals surface area contributed by atoms with E-state index in [0.29, 0.717) is 6.54 Å². The van der Waals surface area contributed by atoms with E-state index in [-0.39, 0.29) is 5.91 Å². The molecule has 0 spiro atoms. The van der Waals surface area contributed by atoms with Crippen molar-refractivity contribution in [3.05, 3.63) is 0 Å². The van der Waals surface area contributed by atoms with E-state index in [1.807, 2.05) is 11.8 Å². The summed E-state index contributed by atoms with van der Waals surface area (Å²) in [7, 11) is 0. The molecule has 3 nitrogen and oxygen atoms in total. The molecule has 0 saturated heterocycles. The Morgan fingerprint density at radius 3 is 2.62 bits per heavy atom. The molecule has 1 amide bonds. The zero-order chi connectivity index (χ0) is 9.94. The van der Waals surface area contributed by atoms with Crippen molar-refractivity contribution in [3.63, 3.8) is 0 Å². The summed E-state index contributed by atoms with van der Waals surface area (Å²) in [6, 6.07) is 0. The number of hydrogen-bond acceptors (Lipinski definition) is 3. The highest BCUT2D eigenvalue weighted by atomic mass is 32.2. The predicted octanol–water partition coefficient (Wildman–Crippen LogP) is 0.985. The number of unbranched alkanes of at least 4 members (excludes halogenated alkanes) is 3. The lowest BCUT2D eigenvalue weighted by molar-refractivity contribution is -0.117. The van der Waals surface area contributed by atoms with E-state index >= 15 is 0 Å². The minimum Gasteiger partial charge on any atom is -0.369 e. The van der Waals surface area contributed by atoms with E-state index in [4.69, 9.17) is 5.73 Å². The van der Waals surface area contributed by atoms with Gasteiger partial charge in [0.2, 0.25) is 5.91 Å². The van der Waals surface area contributed by atoms with Gasteiger partial charge in [-0.15, -0.1) is 0 Å². The third kappa shape index (κ3) is 11.8. The third-order valence-corrected chi connectivity index (χ3v) is 2.45. The minimum atomic E-state index is -0.276. The second kappa shape index (κ2) is 9.86. The number of primary amides is 1. The molecule has 0 rings (SSSR count). The molecule has 0 aliphatic rings. The van der Waals surface area contributed by atoms with Crippen LogP contribution in [0.15, 0.2) is 0 Å². The second-order valence-corrected chi connectivity index (χ2v) is 4.04. The quantitative estimate of drug-likeness (QED) is 0.551. The van der Waals surface area contributed by atoms with Crippen molar-refractivity contribution >= 4 is 17.7 Å². The standard InChI is InChI=1S/C9H20N2OS/c1-13-7-5-3-2-4-6-11-8-9(10)12/h11H,2-8H2,1H3,(H2,10,12). The van der Waals surface area contributed by atoms with Crippen molar-refractivity contribution in [1.82, 2.24) is 5.32 Å². The molecular weight excluding hydrogens is 184 g/mol. The average Bonchev–Trinajstić information content (AvgIpc) is 2.09. The van der Waals surface area contributed by atoms with Gasteiger partial charge in [-0.3, -0.25) is 4.79 Å². The number of carbonyl (C=O) groups excluding carboxylic acids is 1. The Morgan fingerprint density at radius 2 is 2.00 bits per heavy atom. The molecule has 4 heteroatoms. The lowest BCUT2D eigenvalue weighted by Crippen LogP contribution is -2.29. The fraction of sp³-hybridized carbons (Fsp3) is 0.889. The number of hydrogen-bond donors (Lipinski definition) is 2. The Kier molecular flexibility index (Phi) is 9.70. The molecule has 0 bridgehead atoms. The molecule has 0 aromatic rings. The first kappa shape index (κ1) is 12.8. The van der Waals surface area contributed by atoms with Gasteiger partial charge < -0.3 is 11.1 Å².